The molecule has 0 heterocycles. The monoisotopic (exact) mass is 1300 g/mol. The van der Waals surface area contributed by atoms with Gasteiger partial charge in [0.2, 0.25) is 0 Å². The molecule has 0 heteroatoms. The van der Waals surface area contributed by atoms with E-state index in [1.165, 1.54) is 179 Å². The fourth-order valence-corrected chi connectivity index (χ4v) is 14.3. The van der Waals surface area contributed by atoms with E-state index in [9.17, 15) is 0 Å². The van der Waals surface area contributed by atoms with Crippen LogP contribution in [0.2, 0.25) is 0 Å². The van der Waals surface area contributed by atoms with E-state index in [1.54, 1.807) is 0 Å². The Labute approximate surface area is 595 Å². The van der Waals surface area contributed by atoms with Gasteiger partial charge in [-0.1, -0.05) is 374 Å². The van der Waals surface area contributed by atoms with Crippen LogP contribution in [0.25, 0.3) is 129 Å². The number of benzene rings is 20. The molecule has 0 saturated heterocycles. The van der Waals surface area contributed by atoms with Crippen molar-refractivity contribution in [2.75, 3.05) is 0 Å². The summed E-state index contributed by atoms with van der Waals surface area (Å²) in [5, 5.41) is 32.5. The second-order valence-corrected chi connectivity index (χ2v) is 26.9. The molecule has 0 fully saturated rings. The van der Waals surface area contributed by atoms with Gasteiger partial charge in [0.15, 0.2) is 0 Å². The summed E-state index contributed by atoms with van der Waals surface area (Å²) >= 11 is 0. The molecule has 0 saturated carbocycles. The minimum absolute atomic E-state index is 1.32. The predicted octanol–water partition coefficient (Wildman–Crippen LogP) is 29.0. The molecule has 20 aromatic carbocycles. The highest BCUT2D eigenvalue weighted by Gasteiger charge is 2.11. The zero-order valence-corrected chi connectivity index (χ0v) is 59.6. The van der Waals surface area contributed by atoms with E-state index < -0.39 is 0 Å². The maximum atomic E-state index is 2.27. The zero-order valence-electron chi connectivity index (χ0n) is 59.6. The first-order chi connectivity index (χ1) is 49.3. The molecule has 490 valence electrons. The Bertz CT molecular complexity index is 6010. The van der Waals surface area contributed by atoms with E-state index in [2.05, 4.69) is 402 Å². The molecular weight excluding hydrogens is 1210 g/mol. The van der Waals surface area contributed by atoms with E-state index in [0.29, 0.717) is 0 Å². The van der Waals surface area contributed by atoms with E-state index >= 15 is 0 Å². The second-order valence-electron chi connectivity index (χ2n) is 26.9. The quantitative estimate of drug-likeness (QED) is 0.105. The highest BCUT2D eigenvalue weighted by molar-refractivity contribution is 6.24. The van der Waals surface area contributed by atoms with Crippen molar-refractivity contribution in [1.82, 2.24) is 0 Å². The van der Waals surface area contributed by atoms with Crippen molar-refractivity contribution in [2.45, 2.75) is 62.3 Å². The average molecular weight is 1300 g/mol. The Kier molecular flexibility index (Phi) is 20.9. The lowest BCUT2D eigenvalue weighted by atomic mass is 9.92. The highest BCUT2D eigenvalue weighted by atomic mass is 14.1. The summed E-state index contributed by atoms with van der Waals surface area (Å²) in [7, 11) is 0. The molecule has 20 rings (SSSR count). The van der Waals surface area contributed by atoms with Crippen LogP contribution in [0.1, 0.15) is 50.1 Å². The number of hydrogen-bond acceptors (Lipinski definition) is 0. The normalized spacial score (nSPS) is 10.8. The number of aryl methyl sites for hydroxylation is 9. The van der Waals surface area contributed by atoms with Gasteiger partial charge >= 0.3 is 0 Å². The third kappa shape index (κ3) is 15.7. The van der Waals surface area contributed by atoms with Crippen LogP contribution in [0, 0.1) is 62.3 Å². The van der Waals surface area contributed by atoms with Crippen LogP contribution in [0.15, 0.2) is 358 Å². The van der Waals surface area contributed by atoms with Crippen LogP contribution in [0.3, 0.4) is 0 Å². The van der Waals surface area contributed by atoms with Crippen LogP contribution in [-0.4, -0.2) is 0 Å². The summed E-state index contributed by atoms with van der Waals surface area (Å²) in [6.07, 6.45) is 0. The summed E-state index contributed by atoms with van der Waals surface area (Å²) in [6.45, 7) is 19.3. The molecule has 0 aromatic heterocycles. The Morgan fingerprint density at radius 1 is 0.129 bits per heavy atom. The van der Waals surface area contributed by atoms with Crippen LogP contribution in [0.5, 0.6) is 0 Å². The van der Waals surface area contributed by atoms with Crippen molar-refractivity contribution in [3.05, 3.63) is 408 Å². The number of rotatable bonds is 0. The topological polar surface area (TPSA) is 0 Å². The summed E-state index contributed by atoms with van der Waals surface area (Å²) in [6, 6.07) is 127. The van der Waals surface area contributed by atoms with Gasteiger partial charge < -0.3 is 0 Å². The van der Waals surface area contributed by atoms with Crippen molar-refractivity contribution in [3.63, 3.8) is 0 Å². The van der Waals surface area contributed by atoms with Crippen molar-refractivity contribution in [1.29, 1.82) is 0 Å². The first-order valence-electron chi connectivity index (χ1n) is 35.3. The molecule has 0 N–H and O–H groups in total. The van der Waals surface area contributed by atoms with E-state index in [1.807, 2.05) is 18.2 Å². The van der Waals surface area contributed by atoms with Crippen LogP contribution < -0.4 is 0 Å². The molecule has 0 bridgehead atoms. The van der Waals surface area contributed by atoms with Crippen LogP contribution in [0.4, 0.5) is 0 Å². The predicted molar refractivity (Wildman–Crippen MR) is 447 cm³/mol. The molecular formula is C101H86. The van der Waals surface area contributed by atoms with Crippen molar-refractivity contribution < 1.29 is 0 Å². The number of fused-ring (bicyclic) bond motifs is 7. The molecule has 0 spiro atoms. The first kappa shape index (κ1) is 67.6. The Hall–Kier alpha value is -12.0. The molecule has 0 amide bonds. The van der Waals surface area contributed by atoms with Gasteiger partial charge in [0.25, 0.3) is 0 Å². The minimum atomic E-state index is 1.32. The third-order valence-electron chi connectivity index (χ3n) is 19.4. The molecule has 0 aliphatic carbocycles. The Morgan fingerprint density at radius 3 is 1.02 bits per heavy atom. The standard InChI is InChI=1S/2C17H12.2C15H12.2C11H10.C8H10.C7H8/c1-11-9-14-7-5-12-3-2-4-13-6-8-15(10-11)17(14)16(12)13;1-11-5-6-14-8-7-12-3-2-4-13-9-10-15(11)17(14)16(12)13;1-11-14-8-4-2-6-12(14)10-13-7-3-5-9-15(11)13;1-11-10-12-6-2-3-8-14(12)15-9-5-4-7-13(11)15;1-9-5-4-7-10-6-2-3-8-11(9)10;1-9-6-7-10-4-2-3-5-11(10)8-9;1-7-4-3-5-8(2)6-7;1-7-5-3-2-4-6-7/h2*2-10H,1H3;2*2-10H,1H3;2*2-8H,1H3;3-6H,1-2H3;2-6H,1H3. The van der Waals surface area contributed by atoms with Gasteiger partial charge in [0, 0.05) is 0 Å². The summed E-state index contributed by atoms with van der Waals surface area (Å²) < 4.78 is 0. The SMILES string of the molecule is Cc1c2ccccc2cc2ccccc12.Cc1cc2ccc3cccc4ccc(c1)c2c34.Cc1cc2ccccc2c2ccccc12.Cc1ccc2ccc3cccc4ccc1c2c34.Cc1ccc2ccccc2c1.Cc1cccc(C)c1.Cc1cccc2ccccc12.Cc1ccccc1. The Balaban J connectivity index is 0.000000105. The summed E-state index contributed by atoms with van der Waals surface area (Å²) in [4.78, 5) is 0. The van der Waals surface area contributed by atoms with E-state index in [0.717, 1.165) is 0 Å². The van der Waals surface area contributed by atoms with Gasteiger partial charge in [-0.2, -0.15) is 0 Å². The average Bonchev–Trinajstić information content (AvgIpc) is 0.752. The van der Waals surface area contributed by atoms with Gasteiger partial charge in [-0.3, -0.25) is 0 Å². The third-order valence-corrected chi connectivity index (χ3v) is 19.4. The van der Waals surface area contributed by atoms with Gasteiger partial charge in [0.05, 0.1) is 0 Å². The lowest BCUT2D eigenvalue weighted by Gasteiger charge is -2.11. The van der Waals surface area contributed by atoms with Gasteiger partial charge in [-0.05, 0) is 225 Å². The lowest BCUT2D eigenvalue weighted by molar-refractivity contribution is 1.39. The van der Waals surface area contributed by atoms with Crippen molar-refractivity contribution in [3.8, 4) is 0 Å². The molecule has 101 heavy (non-hydrogen) atoms. The highest BCUT2D eigenvalue weighted by Crippen LogP contribution is 2.37. The summed E-state index contributed by atoms with van der Waals surface area (Å²) in [5.74, 6) is 0. The fraction of sp³-hybridized carbons (Fsp3) is 0.0891. The number of hydrogen-bond donors (Lipinski definition) is 0. The van der Waals surface area contributed by atoms with Crippen LogP contribution >= 0.6 is 0 Å². The van der Waals surface area contributed by atoms with Gasteiger partial charge in [-0.15, -0.1) is 0 Å². The summed E-state index contributed by atoms with van der Waals surface area (Å²) in [5.41, 5.74) is 12.1. The fourth-order valence-electron chi connectivity index (χ4n) is 14.3. The molecule has 0 unspecified atom stereocenters. The smallest absolute Gasteiger partial charge is 0.00241 e. The largest absolute Gasteiger partial charge is 0.0622 e. The molecule has 0 radical (unpaired) electrons. The lowest BCUT2D eigenvalue weighted by Crippen LogP contribution is -1.85. The molecule has 0 aliphatic rings. The van der Waals surface area contributed by atoms with E-state index in [4.69, 9.17) is 0 Å². The molecule has 20 aromatic rings. The minimum Gasteiger partial charge on any atom is -0.0622 e. The maximum absolute atomic E-state index is 2.27. The molecule has 0 atom stereocenters. The Morgan fingerprint density at radius 2 is 0.475 bits per heavy atom. The molecule has 0 aliphatic heterocycles. The zero-order chi connectivity index (χ0) is 69.8. The van der Waals surface area contributed by atoms with Crippen molar-refractivity contribution in [2.24, 2.45) is 0 Å². The van der Waals surface area contributed by atoms with Crippen molar-refractivity contribution >= 4 is 129 Å². The first-order valence-corrected chi connectivity index (χ1v) is 35.3. The van der Waals surface area contributed by atoms with Gasteiger partial charge in [-0.25, -0.2) is 0 Å². The molecule has 0 nitrogen and oxygen atoms in total. The van der Waals surface area contributed by atoms with Gasteiger partial charge in [0.1, 0.15) is 0 Å². The van der Waals surface area contributed by atoms with Crippen LogP contribution in [-0.2, 0) is 0 Å². The maximum Gasteiger partial charge on any atom is -0.00241 e. The second kappa shape index (κ2) is 31.3. The van der Waals surface area contributed by atoms with E-state index in [-0.39, 0.29) is 0 Å².